The van der Waals surface area contributed by atoms with E-state index >= 15 is 0 Å². The van der Waals surface area contributed by atoms with E-state index in [1.807, 2.05) is 30.3 Å². The lowest BCUT2D eigenvalue weighted by Gasteiger charge is -2.13. The van der Waals surface area contributed by atoms with Crippen molar-refractivity contribution in [2.24, 2.45) is 0 Å². The summed E-state index contributed by atoms with van der Waals surface area (Å²) in [7, 11) is 0. The third-order valence-corrected chi connectivity index (χ3v) is 3.97. The van der Waals surface area contributed by atoms with Gasteiger partial charge in [-0.3, -0.25) is 0 Å². The smallest absolute Gasteiger partial charge is 0.137 e. The highest BCUT2D eigenvalue weighted by Crippen LogP contribution is 2.25. The van der Waals surface area contributed by atoms with Crippen LogP contribution in [0.5, 0.6) is 5.75 Å². The molecule has 3 heteroatoms. The van der Waals surface area contributed by atoms with Crippen LogP contribution in [0.25, 0.3) is 0 Å². The average molecular weight is 314 g/mol. The van der Waals surface area contributed by atoms with Crippen LogP contribution in [0.15, 0.2) is 48.5 Å². The van der Waals surface area contributed by atoms with Gasteiger partial charge in [0.05, 0.1) is 23.6 Å². The summed E-state index contributed by atoms with van der Waals surface area (Å²) in [6.07, 6.45) is 0.642. The Kier molecular flexibility index (Phi) is 5.86. The molecule has 0 spiro atoms. The van der Waals surface area contributed by atoms with Gasteiger partial charge >= 0.3 is 0 Å². The molecule has 114 valence electrons. The number of hydrogen-bond donors (Lipinski definition) is 0. The Balaban J connectivity index is 1.95. The van der Waals surface area contributed by atoms with E-state index in [2.05, 4.69) is 32.0 Å². The number of para-hydroxylation sites is 1. The second-order valence-corrected chi connectivity index (χ2v) is 5.98. The summed E-state index contributed by atoms with van der Waals surface area (Å²) in [6.45, 7) is 4.79. The van der Waals surface area contributed by atoms with Gasteiger partial charge in [-0.15, -0.1) is 0 Å². The molecule has 0 heterocycles. The fraction of sp³-hybridized carbons (Fsp3) is 0.316. The molecule has 22 heavy (non-hydrogen) atoms. The van der Waals surface area contributed by atoms with Gasteiger partial charge in [0.25, 0.3) is 0 Å². The monoisotopic (exact) mass is 313 g/mol. The Morgan fingerprint density at radius 1 is 1.05 bits per heavy atom. The minimum Gasteiger partial charge on any atom is -0.492 e. The molecule has 0 bridgehead atoms. The average Bonchev–Trinajstić information content (AvgIpc) is 2.53. The van der Waals surface area contributed by atoms with E-state index in [9.17, 15) is 5.26 Å². The van der Waals surface area contributed by atoms with Crippen molar-refractivity contribution in [2.45, 2.75) is 32.1 Å². The normalized spacial score (nSPS) is 12.0. The van der Waals surface area contributed by atoms with Crippen LogP contribution in [-0.2, 0) is 0 Å². The van der Waals surface area contributed by atoms with E-state index in [1.165, 1.54) is 5.56 Å². The Morgan fingerprint density at radius 2 is 1.68 bits per heavy atom. The summed E-state index contributed by atoms with van der Waals surface area (Å²) in [5, 5.41) is 9.97. The Morgan fingerprint density at radius 3 is 2.27 bits per heavy atom. The number of halogens is 1. The lowest BCUT2D eigenvalue weighted by Crippen LogP contribution is -2.05. The molecule has 0 aliphatic heterocycles. The van der Waals surface area contributed by atoms with Crippen molar-refractivity contribution in [2.75, 3.05) is 6.61 Å². The first-order valence-corrected chi connectivity index (χ1v) is 7.86. The number of nitriles is 1. The van der Waals surface area contributed by atoms with Gasteiger partial charge in [0.1, 0.15) is 5.75 Å². The third kappa shape index (κ3) is 4.26. The topological polar surface area (TPSA) is 33.0 Å². The van der Waals surface area contributed by atoms with Gasteiger partial charge in [0.15, 0.2) is 0 Å². The number of rotatable bonds is 6. The van der Waals surface area contributed by atoms with Crippen molar-refractivity contribution in [3.63, 3.8) is 0 Å². The van der Waals surface area contributed by atoms with Crippen LogP contribution in [0.1, 0.15) is 43.2 Å². The van der Waals surface area contributed by atoms with Crippen molar-refractivity contribution in [3.8, 4) is 11.8 Å². The van der Waals surface area contributed by atoms with Crippen molar-refractivity contribution in [1.29, 1.82) is 5.26 Å². The molecule has 0 saturated carbocycles. The highest BCUT2D eigenvalue weighted by Gasteiger charge is 2.12. The van der Waals surface area contributed by atoms with Gasteiger partial charge in [0, 0.05) is 6.42 Å². The van der Waals surface area contributed by atoms with Crippen molar-refractivity contribution in [3.05, 3.63) is 64.7 Å². The third-order valence-electron chi connectivity index (χ3n) is 3.66. The SMILES string of the molecule is CC(C)c1ccc(C(C#N)CCOc2ccccc2Cl)cc1. The molecule has 2 aromatic carbocycles. The van der Waals surface area contributed by atoms with Crippen LogP contribution in [0.2, 0.25) is 5.02 Å². The van der Waals surface area contributed by atoms with Crippen molar-refractivity contribution in [1.82, 2.24) is 0 Å². The molecule has 0 saturated heterocycles. The molecule has 1 unspecified atom stereocenters. The molecule has 0 aliphatic rings. The first-order valence-electron chi connectivity index (χ1n) is 7.48. The maximum absolute atomic E-state index is 9.38. The molecule has 2 rings (SSSR count). The minimum absolute atomic E-state index is 0.163. The van der Waals surface area contributed by atoms with Gasteiger partial charge in [0.2, 0.25) is 0 Å². The number of ether oxygens (including phenoxy) is 1. The predicted octanol–water partition coefficient (Wildman–Crippen LogP) is 5.54. The van der Waals surface area contributed by atoms with Crippen molar-refractivity contribution < 1.29 is 4.74 Å². The van der Waals surface area contributed by atoms with E-state index in [-0.39, 0.29) is 5.92 Å². The molecule has 2 nitrogen and oxygen atoms in total. The van der Waals surface area contributed by atoms with Gasteiger partial charge in [-0.1, -0.05) is 61.8 Å². The number of hydrogen-bond acceptors (Lipinski definition) is 2. The zero-order chi connectivity index (χ0) is 15.9. The minimum atomic E-state index is -0.163. The second-order valence-electron chi connectivity index (χ2n) is 5.57. The summed E-state index contributed by atoms with van der Waals surface area (Å²) in [4.78, 5) is 0. The first-order chi connectivity index (χ1) is 10.6. The summed E-state index contributed by atoms with van der Waals surface area (Å²) in [5.41, 5.74) is 2.32. The molecule has 0 amide bonds. The van der Waals surface area contributed by atoms with Crippen LogP contribution >= 0.6 is 11.6 Å². The maximum atomic E-state index is 9.38. The molecule has 0 radical (unpaired) electrons. The van der Waals surface area contributed by atoms with E-state index < -0.39 is 0 Å². The molecule has 0 aromatic heterocycles. The molecule has 2 aromatic rings. The van der Waals surface area contributed by atoms with E-state index in [0.717, 1.165) is 5.56 Å². The number of nitrogens with zero attached hydrogens (tertiary/aromatic N) is 1. The lowest BCUT2D eigenvalue weighted by molar-refractivity contribution is 0.306. The Hall–Kier alpha value is -1.98. The first kappa shape index (κ1) is 16.4. The standard InChI is InChI=1S/C19H20ClNO/c1-14(2)15-7-9-16(10-8-15)17(13-21)11-12-22-19-6-4-3-5-18(19)20/h3-10,14,17H,11-12H2,1-2H3. The van der Waals surface area contributed by atoms with Gasteiger partial charge < -0.3 is 4.74 Å². The highest BCUT2D eigenvalue weighted by molar-refractivity contribution is 6.32. The molecular weight excluding hydrogens is 294 g/mol. The van der Waals surface area contributed by atoms with Crippen molar-refractivity contribution >= 4 is 11.6 Å². The van der Waals surface area contributed by atoms with E-state index in [0.29, 0.717) is 29.7 Å². The largest absolute Gasteiger partial charge is 0.492 e. The van der Waals surface area contributed by atoms with Gasteiger partial charge in [-0.05, 0) is 29.2 Å². The fourth-order valence-corrected chi connectivity index (χ4v) is 2.46. The zero-order valence-electron chi connectivity index (χ0n) is 12.9. The summed E-state index contributed by atoms with van der Waals surface area (Å²) in [5.74, 6) is 0.998. The Labute approximate surface area is 137 Å². The summed E-state index contributed by atoms with van der Waals surface area (Å²) >= 11 is 6.05. The van der Waals surface area contributed by atoms with Crippen LogP contribution in [0, 0.1) is 11.3 Å². The van der Waals surface area contributed by atoms with Crippen LogP contribution in [0.4, 0.5) is 0 Å². The number of benzene rings is 2. The maximum Gasteiger partial charge on any atom is 0.137 e. The van der Waals surface area contributed by atoms with E-state index in [4.69, 9.17) is 16.3 Å². The molecule has 0 aliphatic carbocycles. The molecular formula is C19H20ClNO. The van der Waals surface area contributed by atoms with Gasteiger partial charge in [-0.25, -0.2) is 0 Å². The summed E-state index contributed by atoms with van der Waals surface area (Å²) in [6, 6.07) is 18.0. The molecule has 1 atom stereocenters. The highest BCUT2D eigenvalue weighted by atomic mass is 35.5. The lowest BCUT2D eigenvalue weighted by atomic mass is 9.94. The summed E-state index contributed by atoms with van der Waals surface area (Å²) < 4.78 is 5.67. The van der Waals surface area contributed by atoms with Crippen LogP contribution < -0.4 is 4.74 Å². The molecule has 0 N–H and O–H groups in total. The van der Waals surface area contributed by atoms with Crippen LogP contribution in [0.3, 0.4) is 0 Å². The quantitative estimate of drug-likeness (QED) is 0.701. The van der Waals surface area contributed by atoms with Crippen LogP contribution in [-0.4, -0.2) is 6.61 Å². The predicted molar refractivity (Wildman–Crippen MR) is 90.4 cm³/mol. The zero-order valence-corrected chi connectivity index (χ0v) is 13.7. The second kappa shape index (κ2) is 7.87. The fourth-order valence-electron chi connectivity index (χ4n) is 2.27. The van der Waals surface area contributed by atoms with E-state index in [1.54, 1.807) is 6.07 Å². The molecule has 0 fully saturated rings. The Bertz CT molecular complexity index is 643. The van der Waals surface area contributed by atoms with Gasteiger partial charge in [-0.2, -0.15) is 5.26 Å².